The molecule has 0 spiro atoms. The van der Waals surface area contributed by atoms with Gasteiger partial charge in [0.2, 0.25) is 5.91 Å². The van der Waals surface area contributed by atoms with Crippen molar-refractivity contribution in [3.05, 3.63) is 56.7 Å². The first-order valence-electron chi connectivity index (χ1n) is 12.6. The van der Waals surface area contributed by atoms with Gasteiger partial charge in [-0.25, -0.2) is 4.79 Å². The minimum Gasteiger partial charge on any atom is -0.382 e. The van der Waals surface area contributed by atoms with E-state index >= 15 is 0 Å². The number of carbonyl (C=O) groups is 2. The number of piperidine rings is 1. The van der Waals surface area contributed by atoms with E-state index in [1.807, 2.05) is 23.2 Å². The number of urea groups is 1. The Morgan fingerprint density at radius 1 is 1.06 bits per heavy atom. The molecule has 0 saturated carbocycles. The zero-order valence-electron chi connectivity index (χ0n) is 19.9. The number of carbonyl (C=O) groups excluding carboxylic acids is 2. The second kappa shape index (κ2) is 10.5. The summed E-state index contributed by atoms with van der Waals surface area (Å²) in [5.74, 6) is 0.553. The average Bonchev–Trinajstić information content (AvgIpc) is 3.02. The Hall–Kier alpha value is -2.03. The maximum absolute atomic E-state index is 13.1. The van der Waals surface area contributed by atoms with Crippen molar-refractivity contribution in [1.29, 1.82) is 0 Å². The highest BCUT2D eigenvalue weighted by molar-refractivity contribution is 9.11. The largest absolute Gasteiger partial charge is 0.382 e. The van der Waals surface area contributed by atoms with Gasteiger partial charge >= 0.3 is 6.03 Å². The summed E-state index contributed by atoms with van der Waals surface area (Å²) in [6.07, 6.45) is 8.50. The average molecular weight is 563 g/mol. The van der Waals surface area contributed by atoms with Crippen molar-refractivity contribution in [2.75, 3.05) is 39.3 Å². The van der Waals surface area contributed by atoms with Crippen molar-refractivity contribution in [1.82, 2.24) is 20.0 Å². The van der Waals surface area contributed by atoms with Crippen LogP contribution in [0.1, 0.15) is 42.9 Å². The second-order valence-corrected chi connectivity index (χ2v) is 11.4. The van der Waals surface area contributed by atoms with E-state index in [0.29, 0.717) is 25.4 Å². The van der Waals surface area contributed by atoms with Crippen molar-refractivity contribution in [2.24, 2.45) is 11.7 Å². The maximum Gasteiger partial charge on any atom is 0.314 e. The molecule has 3 amide bonds. The highest BCUT2D eigenvalue weighted by Gasteiger charge is 2.39. The summed E-state index contributed by atoms with van der Waals surface area (Å²) in [7, 11) is 0. The molecule has 9 heteroatoms. The Morgan fingerprint density at radius 2 is 1.80 bits per heavy atom. The maximum atomic E-state index is 13.1. The number of dihydropyridines is 1. The van der Waals surface area contributed by atoms with Crippen molar-refractivity contribution in [2.45, 2.75) is 44.2 Å². The fraction of sp³-hybridized carbons (Fsp3) is 0.538. The van der Waals surface area contributed by atoms with Crippen LogP contribution in [-0.2, 0) is 11.2 Å². The van der Waals surface area contributed by atoms with E-state index in [2.05, 4.69) is 38.3 Å². The first-order chi connectivity index (χ1) is 16.9. The summed E-state index contributed by atoms with van der Waals surface area (Å²) < 4.78 is 1.07. The van der Waals surface area contributed by atoms with Gasteiger partial charge in [-0.05, 0) is 76.4 Å². The fourth-order valence-electron chi connectivity index (χ4n) is 6.06. The normalized spacial score (nSPS) is 25.5. The molecule has 1 aromatic rings. The number of halogens is 2. The highest BCUT2D eigenvalue weighted by Crippen LogP contribution is 2.41. The van der Waals surface area contributed by atoms with Crippen LogP contribution in [0.4, 0.5) is 4.79 Å². The van der Waals surface area contributed by atoms with Gasteiger partial charge < -0.3 is 20.9 Å². The summed E-state index contributed by atoms with van der Waals surface area (Å²) >= 11 is 10.4. The molecule has 0 bridgehead atoms. The molecule has 2 atom stereocenters. The van der Waals surface area contributed by atoms with Gasteiger partial charge in [0.1, 0.15) is 0 Å². The second-order valence-electron chi connectivity index (χ2n) is 10.0. The third-order valence-corrected chi connectivity index (χ3v) is 8.80. The molecule has 4 aliphatic rings. The van der Waals surface area contributed by atoms with Gasteiger partial charge in [-0.2, -0.15) is 0 Å². The fourth-order valence-corrected chi connectivity index (χ4v) is 6.79. The quantitative estimate of drug-likeness (QED) is 0.587. The molecule has 1 aromatic carbocycles. The number of fused-ring (bicyclic) bond motifs is 2. The Morgan fingerprint density at radius 3 is 2.51 bits per heavy atom. The number of nitrogens with two attached hydrogens (primary N) is 1. The molecule has 3 N–H and O–H groups in total. The van der Waals surface area contributed by atoms with E-state index < -0.39 is 0 Å². The number of hydrogen-bond donors (Lipinski definition) is 2. The number of likely N-dealkylation sites (tertiary alicyclic amines) is 1. The lowest BCUT2D eigenvalue weighted by atomic mass is 9.90. The smallest absolute Gasteiger partial charge is 0.314 e. The number of nitrogens with zero attached hydrogens (tertiary/aromatic N) is 3. The summed E-state index contributed by atoms with van der Waals surface area (Å²) in [6, 6.07) is 6.18. The molecular formula is C26H33BrClN5O2. The zero-order chi connectivity index (χ0) is 24.5. The van der Waals surface area contributed by atoms with Gasteiger partial charge in [0.15, 0.2) is 0 Å². The molecule has 3 aliphatic heterocycles. The van der Waals surface area contributed by atoms with Gasteiger partial charge in [0, 0.05) is 61.4 Å². The molecule has 35 heavy (non-hydrogen) atoms. The lowest BCUT2D eigenvalue weighted by molar-refractivity contribution is -0.134. The third-order valence-electron chi connectivity index (χ3n) is 8.01. The molecule has 3 heterocycles. The Bertz CT molecular complexity index is 1040. The molecular weight excluding hydrogens is 530 g/mol. The van der Waals surface area contributed by atoms with Crippen LogP contribution in [0.25, 0.3) is 0 Å². The molecule has 2 fully saturated rings. The van der Waals surface area contributed by atoms with Crippen molar-refractivity contribution in [3.8, 4) is 0 Å². The van der Waals surface area contributed by atoms with Gasteiger partial charge in [-0.3, -0.25) is 9.69 Å². The number of amides is 3. The summed E-state index contributed by atoms with van der Waals surface area (Å²) in [5.41, 5.74) is 9.31. The summed E-state index contributed by atoms with van der Waals surface area (Å²) in [6.45, 7) is 4.38. The molecule has 188 valence electrons. The number of aryl methyl sites for hydroxylation is 1. The summed E-state index contributed by atoms with van der Waals surface area (Å²) in [5, 5.41) is 4.46. The number of primary amides is 1. The van der Waals surface area contributed by atoms with Crippen molar-refractivity contribution >= 4 is 39.5 Å². The van der Waals surface area contributed by atoms with Gasteiger partial charge in [0.05, 0.1) is 12.1 Å². The number of allylic oxidation sites excluding steroid dienone is 2. The Kier molecular flexibility index (Phi) is 7.42. The van der Waals surface area contributed by atoms with E-state index in [0.717, 1.165) is 61.4 Å². The first kappa shape index (κ1) is 24.7. The Labute approximate surface area is 220 Å². The van der Waals surface area contributed by atoms with Crippen LogP contribution < -0.4 is 11.1 Å². The monoisotopic (exact) mass is 561 g/mol. The predicted octanol–water partition coefficient (Wildman–Crippen LogP) is 3.79. The van der Waals surface area contributed by atoms with Crippen LogP contribution in [0.2, 0.25) is 5.02 Å². The molecule has 5 rings (SSSR count). The van der Waals surface area contributed by atoms with Crippen molar-refractivity contribution < 1.29 is 9.59 Å². The predicted molar refractivity (Wildman–Crippen MR) is 141 cm³/mol. The standard InChI is InChI=1S/C26H33BrClN5O2/c27-20-15-19-5-4-18-2-1-3-21(28)23(18)25(24(19)30-16-20)32-12-10-31(11-13-32)22(34)14-17-6-8-33(9-7-17)26(29)35/h1-3,15-17,24-25,30H,4-14H2,(H2,29,35). The van der Waals surface area contributed by atoms with Crippen LogP contribution in [-0.4, -0.2) is 71.9 Å². The van der Waals surface area contributed by atoms with E-state index in [9.17, 15) is 9.59 Å². The van der Waals surface area contributed by atoms with E-state index in [-0.39, 0.29) is 24.0 Å². The molecule has 2 saturated heterocycles. The summed E-state index contributed by atoms with van der Waals surface area (Å²) in [4.78, 5) is 30.6. The van der Waals surface area contributed by atoms with Crippen LogP contribution in [0.3, 0.4) is 0 Å². The van der Waals surface area contributed by atoms with Crippen LogP contribution in [0.5, 0.6) is 0 Å². The lowest BCUT2D eigenvalue weighted by Crippen LogP contribution is -2.54. The van der Waals surface area contributed by atoms with Crippen LogP contribution in [0.15, 0.2) is 40.5 Å². The number of nitrogens with one attached hydrogen (secondary N) is 1. The minimum absolute atomic E-state index is 0.125. The Balaban J connectivity index is 1.26. The molecule has 0 aromatic heterocycles. The van der Waals surface area contributed by atoms with Gasteiger partial charge in [0.25, 0.3) is 0 Å². The lowest BCUT2D eigenvalue weighted by Gasteiger charge is -2.44. The third kappa shape index (κ3) is 5.25. The zero-order valence-corrected chi connectivity index (χ0v) is 22.2. The number of hydrogen-bond acceptors (Lipinski definition) is 4. The van der Waals surface area contributed by atoms with Gasteiger partial charge in [-0.15, -0.1) is 0 Å². The number of piperazine rings is 1. The highest BCUT2D eigenvalue weighted by atomic mass is 79.9. The van der Waals surface area contributed by atoms with E-state index in [1.165, 1.54) is 16.7 Å². The van der Waals surface area contributed by atoms with Gasteiger partial charge in [-0.1, -0.05) is 23.7 Å². The van der Waals surface area contributed by atoms with E-state index in [4.69, 9.17) is 17.3 Å². The topological polar surface area (TPSA) is 81.9 Å². The minimum atomic E-state index is -0.362. The number of benzene rings is 1. The van der Waals surface area contributed by atoms with Crippen LogP contribution in [0, 0.1) is 5.92 Å². The van der Waals surface area contributed by atoms with Crippen LogP contribution >= 0.6 is 27.5 Å². The van der Waals surface area contributed by atoms with Crippen molar-refractivity contribution in [3.63, 3.8) is 0 Å². The molecule has 7 nitrogen and oxygen atoms in total. The molecule has 2 unspecified atom stereocenters. The molecule has 0 radical (unpaired) electrons. The van der Waals surface area contributed by atoms with E-state index in [1.54, 1.807) is 4.90 Å². The number of rotatable bonds is 3. The first-order valence-corrected chi connectivity index (χ1v) is 13.7. The SMILES string of the molecule is NC(=O)N1CCC(CC(=O)N2CCN(C3c4c(Cl)cccc4CCC4=CC(Br)=CNC43)CC2)CC1. The molecule has 1 aliphatic carbocycles.